The number of anilines is 2. The zero-order chi connectivity index (χ0) is 19.4. The zero-order valence-corrected chi connectivity index (χ0v) is 15.2. The van der Waals surface area contributed by atoms with Gasteiger partial charge in [-0.25, -0.2) is 4.79 Å². The fraction of sp³-hybridized carbons (Fsp3) is 0.250. The molecule has 0 saturated carbocycles. The van der Waals surface area contributed by atoms with Crippen molar-refractivity contribution >= 4 is 29.1 Å². The predicted octanol–water partition coefficient (Wildman–Crippen LogP) is 2.82. The van der Waals surface area contributed by atoms with E-state index in [0.717, 1.165) is 5.69 Å². The topological polar surface area (TPSA) is 87.7 Å². The summed E-state index contributed by atoms with van der Waals surface area (Å²) < 4.78 is 5.19. The number of hydrogen-bond acceptors (Lipinski definition) is 4. The predicted molar refractivity (Wildman–Crippen MR) is 102 cm³/mol. The number of Topliss-reactive ketones (excluding diaryl/α,β-unsaturated/α-hetero) is 1. The Labute approximate surface area is 157 Å². The van der Waals surface area contributed by atoms with Gasteiger partial charge in [-0.2, -0.15) is 0 Å². The van der Waals surface area contributed by atoms with E-state index in [1.54, 1.807) is 42.3 Å². The molecule has 1 heterocycles. The number of nitrogens with one attached hydrogen (secondary N) is 2. The molecule has 1 fully saturated rings. The molecule has 0 radical (unpaired) electrons. The van der Waals surface area contributed by atoms with E-state index in [9.17, 15) is 14.4 Å². The van der Waals surface area contributed by atoms with Crippen molar-refractivity contribution in [3.63, 3.8) is 0 Å². The number of urea groups is 1. The molecular weight excluding hydrogens is 346 g/mol. The van der Waals surface area contributed by atoms with Crippen LogP contribution in [0.25, 0.3) is 0 Å². The lowest BCUT2D eigenvalue weighted by Crippen LogP contribution is -2.39. The molecule has 2 aromatic rings. The van der Waals surface area contributed by atoms with Gasteiger partial charge >= 0.3 is 6.03 Å². The van der Waals surface area contributed by atoms with Crippen LogP contribution in [0.2, 0.25) is 0 Å². The SMILES string of the molecule is COc1cccc(N2CC(NC(=O)Nc3ccc(C(C)=O)cc3)CC2=O)c1. The Morgan fingerprint density at radius 3 is 2.56 bits per heavy atom. The molecule has 7 nitrogen and oxygen atoms in total. The summed E-state index contributed by atoms with van der Waals surface area (Å²) in [6.07, 6.45) is 0.230. The molecule has 7 heteroatoms. The minimum absolute atomic E-state index is 0.0342. The normalized spacial score (nSPS) is 16.1. The highest BCUT2D eigenvalue weighted by molar-refractivity contribution is 5.98. The van der Waals surface area contributed by atoms with Crippen LogP contribution < -0.4 is 20.3 Å². The summed E-state index contributed by atoms with van der Waals surface area (Å²) in [5.74, 6) is 0.580. The van der Waals surface area contributed by atoms with Gasteiger partial charge in [-0.15, -0.1) is 0 Å². The summed E-state index contributed by atoms with van der Waals surface area (Å²) >= 11 is 0. The minimum Gasteiger partial charge on any atom is -0.497 e. The van der Waals surface area contributed by atoms with Gasteiger partial charge < -0.3 is 20.3 Å². The highest BCUT2D eigenvalue weighted by atomic mass is 16.5. The van der Waals surface area contributed by atoms with Crippen molar-refractivity contribution < 1.29 is 19.1 Å². The number of rotatable bonds is 5. The number of ketones is 1. The number of amides is 3. The summed E-state index contributed by atoms with van der Waals surface area (Å²) in [4.78, 5) is 37.4. The van der Waals surface area contributed by atoms with Crippen LogP contribution in [0.5, 0.6) is 5.75 Å². The zero-order valence-electron chi connectivity index (χ0n) is 15.2. The van der Waals surface area contributed by atoms with Crippen LogP contribution in [0.3, 0.4) is 0 Å². The van der Waals surface area contributed by atoms with Crippen LogP contribution in [-0.4, -0.2) is 37.4 Å². The molecule has 27 heavy (non-hydrogen) atoms. The van der Waals surface area contributed by atoms with Gasteiger partial charge in [0.05, 0.1) is 13.2 Å². The average Bonchev–Trinajstić information content (AvgIpc) is 3.02. The molecule has 3 amide bonds. The van der Waals surface area contributed by atoms with Crippen molar-refractivity contribution in [2.75, 3.05) is 23.9 Å². The van der Waals surface area contributed by atoms with Gasteiger partial charge in [-0.1, -0.05) is 6.07 Å². The molecule has 0 spiro atoms. The van der Waals surface area contributed by atoms with E-state index >= 15 is 0 Å². The monoisotopic (exact) mass is 367 g/mol. The molecule has 1 aliphatic heterocycles. The van der Waals surface area contributed by atoms with Gasteiger partial charge in [0.25, 0.3) is 0 Å². The molecule has 0 aliphatic carbocycles. The number of carbonyl (C=O) groups is 3. The quantitative estimate of drug-likeness (QED) is 0.796. The lowest BCUT2D eigenvalue weighted by molar-refractivity contribution is -0.117. The number of methoxy groups -OCH3 is 1. The van der Waals surface area contributed by atoms with E-state index < -0.39 is 6.03 Å². The van der Waals surface area contributed by atoms with E-state index in [1.165, 1.54) is 6.92 Å². The van der Waals surface area contributed by atoms with Crippen molar-refractivity contribution in [2.24, 2.45) is 0 Å². The van der Waals surface area contributed by atoms with Gasteiger partial charge in [0.2, 0.25) is 5.91 Å². The molecule has 2 aromatic carbocycles. The Balaban J connectivity index is 1.58. The first-order chi connectivity index (χ1) is 13.0. The summed E-state index contributed by atoms with van der Waals surface area (Å²) in [5.41, 5.74) is 1.90. The molecular formula is C20H21N3O4. The lowest BCUT2D eigenvalue weighted by atomic mass is 10.1. The standard InChI is InChI=1S/C20H21N3O4/c1-13(24)14-6-8-15(9-7-14)21-20(26)22-16-10-19(25)23(12-16)17-4-3-5-18(11-17)27-2/h3-9,11,16H,10,12H2,1-2H3,(H2,21,22,26). The maximum absolute atomic E-state index is 12.3. The molecule has 0 bridgehead atoms. The first-order valence-corrected chi connectivity index (χ1v) is 8.59. The number of ether oxygens (including phenoxy) is 1. The Morgan fingerprint density at radius 1 is 1.15 bits per heavy atom. The van der Waals surface area contributed by atoms with Crippen molar-refractivity contribution in [1.29, 1.82) is 0 Å². The highest BCUT2D eigenvalue weighted by Gasteiger charge is 2.31. The van der Waals surface area contributed by atoms with Gasteiger partial charge in [-0.3, -0.25) is 9.59 Å². The van der Waals surface area contributed by atoms with Crippen molar-refractivity contribution in [3.05, 3.63) is 54.1 Å². The Kier molecular flexibility index (Phi) is 5.40. The third-order valence-corrected chi connectivity index (χ3v) is 4.37. The average molecular weight is 367 g/mol. The van der Waals surface area contributed by atoms with Gasteiger partial charge in [0.15, 0.2) is 5.78 Å². The van der Waals surface area contributed by atoms with Crippen molar-refractivity contribution in [1.82, 2.24) is 5.32 Å². The number of carbonyl (C=O) groups excluding carboxylic acids is 3. The van der Waals surface area contributed by atoms with Crippen LogP contribution in [0.4, 0.5) is 16.2 Å². The number of nitrogens with zero attached hydrogens (tertiary/aromatic N) is 1. The second-order valence-electron chi connectivity index (χ2n) is 6.34. The molecule has 3 rings (SSSR count). The summed E-state index contributed by atoms with van der Waals surface area (Å²) in [5, 5.41) is 5.52. The maximum atomic E-state index is 12.3. The third kappa shape index (κ3) is 4.44. The first kappa shape index (κ1) is 18.4. The fourth-order valence-electron chi connectivity index (χ4n) is 2.97. The molecule has 1 aliphatic rings. The lowest BCUT2D eigenvalue weighted by Gasteiger charge is -2.18. The van der Waals surface area contributed by atoms with Crippen LogP contribution in [0.15, 0.2) is 48.5 Å². The second-order valence-corrected chi connectivity index (χ2v) is 6.34. The summed E-state index contributed by atoms with van der Waals surface area (Å²) in [7, 11) is 1.57. The Morgan fingerprint density at radius 2 is 1.89 bits per heavy atom. The third-order valence-electron chi connectivity index (χ3n) is 4.37. The summed E-state index contributed by atoms with van der Waals surface area (Å²) in [6, 6.07) is 13.2. The van der Waals surface area contributed by atoms with Crippen LogP contribution in [0.1, 0.15) is 23.7 Å². The maximum Gasteiger partial charge on any atom is 0.319 e. The smallest absolute Gasteiger partial charge is 0.319 e. The van der Waals surface area contributed by atoms with E-state index in [2.05, 4.69) is 10.6 Å². The van der Waals surface area contributed by atoms with Gasteiger partial charge in [-0.05, 0) is 43.3 Å². The number of benzene rings is 2. The molecule has 1 saturated heterocycles. The molecule has 1 unspecified atom stereocenters. The second kappa shape index (κ2) is 7.90. The Hall–Kier alpha value is -3.35. The minimum atomic E-state index is -0.393. The fourth-order valence-corrected chi connectivity index (χ4v) is 2.97. The van der Waals surface area contributed by atoms with Gasteiger partial charge in [0.1, 0.15) is 5.75 Å². The van der Waals surface area contributed by atoms with E-state index in [1.807, 2.05) is 18.2 Å². The van der Waals surface area contributed by atoms with E-state index in [-0.39, 0.29) is 24.2 Å². The Bertz CT molecular complexity index is 864. The van der Waals surface area contributed by atoms with Crippen LogP contribution in [-0.2, 0) is 4.79 Å². The van der Waals surface area contributed by atoms with Crippen LogP contribution >= 0.6 is 0 Å². The molecule has 140 valence electrons. The molecule has 1 atom stereocenters. The molecule has 2 N–H and O–H groups in total. The highest BCUT2D eigenvalue weighted by Crippen LogP contribution is 2.25. The largest absolute Gasteiger partial charge is 0.497 e. The van der Waals surface area contributed by atoms with E-state index in [0.29, 0.717) is 23.5 Å². The van der Waals surface area contributed by atoms with Crippen molar-refractivity contribution in [3.8, 4) is 5.75 Å². The number of hydrogen-bond donors (Lipinski definition) is 2. The molecule has 0 aromatic heterocycles. The summed E-state index contributed by atoms with van der Waals surface area (Å²) in [6.45, 7) is 1.88. The van der Waals surface area contributed by atoms with Gasteiger partial charge in [0, 0.05) is 36.0 Å². The van der Waals surface area contributed by atoms with Crippen molar-refractivity contribution in [2.45, 2.75) is 19.4 Å². The first-order valence-electron chi connectivity index (χ1n) is 8.59. The van der Waals surface area contributed by atoms with Crippen LogP contribution in [0, 0.1) is 0 Å². The van der Waals surface area contributed by atoms with E-state index in [4.69, 9.17) is 4.74 Å².